The molecule has 1 fully saturated rings. The molecule has 0 unspecified atom stereocenters. The molecule has 0 N–H and O–H groups in total. The number of likely N-dealkylation sites (tertiary alicyclic amines) is 1. The first-order valence-corrected chi connectivity index (χ1v) is 7.23. The SMILES string of the molecule is O=C(CN1C(=O)CCC1=O)OCCOc1ccc(Br)cc1. The van der Waals surface area contributed by atoms with Gasteiger partial charge in [-0.15, -0.1) is 0 Å². The number of nitrogens with zero attached hydrogens (tertiary/aromatic N) is 1. The van der Waals surface area contributed by atoms with Crippen molar-refractivity contribution in [3.05, 3.63) is 28.7 Å². The van der Waals surface area contributed by atoms with Gasteiger partial charge in [-0.2, -0.15) is 0 Å². The minimum atomic E-state index is -0.613. The van der Waals surface area contributed by atoms with Crippen LogP contribution in [0.1, 0.15) is 12.8 Å². The number of rotatable bonds is 6. The zero-order chi connectivity index (χ0) is 15.2. The fourth-order valence-corrected chi connectivity index (χ4v) is 2.08. The molecule has 112 valence electrons. The summed E-state index contributed by atoms with van der Waals surface area (Å²) < 4.78 is 11.3. The Morgan fingerprint density at radius 1 is 1.10 bits per heavy atom. The summed E-state index contributed by atoms with van der Waals surface area (Å²) in [5.41, 5.74) is 0. The van der Waals surface area contributed by atoms with Crippen molar-refractivity contribution in [1.29, 1.82) is 0 Å². The highest BCUT2D eigenvalue weighted by Crippen LogP contribution is 2.16. The third-order valence-corrected chi connectivity index (χ3v) is 3.40. The van der Waals surface area contributed by atoms with Crippen molar-refractivity contribution in [2.75, 3.05) is 19.8 Å². The highest BCUT2D eigenvalue weighted by atomic mass is 79.9. The van der Waals surface area contributed by atoms with Crippen molar-refractivity contribution in [1.82, 2.24) is 4.90 Å². The average molecular weight is 356 g/mol. The predicted molar refractivity (Wildman–Crippen MR) is 76.6 cm³/mol. The van der Waals surface area contributed by atoms with Gasteiger partial charge in [0.1, 0.15) is 25.5 Å². The third kappa shape index (κ3) is 4.56. The van der Waals surface area contributed by atoms with Crippen LogP contribution in [0.4, 0.5) is 0 Å². The Labute approximate surface area is 130 Å². The summed E-state index contributed by atoms with van der Waals surface area (Å²) in [6, 6.07) is 7.25. The predicted octanol–water partition coefficient (Wildman–Crippen LogP) is 1.52. The van der Waals surface area contributed by atoms with Gasteiger partial charge in [0.05, 0.1) is 0 Å². The number of hydrogen-bond acceptors (Lipinski definition) is 5. The Balaban J connectivity index is 1.66. The van der Waals surface area contributed by atoms with Gasteiger partial charge < -0.3 is 9.47 Å². The van der Waals surface area contributed by atoms with Crippen LogP contribution in [-0.2, 0) is 19.1 Å². The van der Waals surface area contributed by atoms with Gasteiger partial charge in [-0.3, -0.25) is 19.3 Å². The van der Waals surface area contributed by atoms with Gasteiger partial charge in [0, 0.05) is 17.3 Å². The monoisotopic (exact) mass is 355 g/mol. The summed E-state index contributed by atoms with van der Waals surface area (Å²) in [5, 5.41) is 0. The van der Waals surface area contributed by atoms with E-state index in [4.69, 9.17) is 9.47 Å². The molecule has 0 atom stereocenters. The van der Waals surface area contributed by atoms with Crippen LogP contribution in [0.5, 0.6) is 5.75 Å². The van der Waals surface area contributed by atoms with Crippen LogP contribution >= 0.6 is 15.9 Å². The van der Waals surface area contributed by atoms with Crippen molar-refractivity contribution in [3.63, 3.8) is 0 Å². The van der Waals surface area contributed by atoms with Crippen molar-refractivity contribution in [2.24, 2.45) is 0 Å². The smallest absolute Gasteiger partial charge is 0.326 e. The number of imide groups is 1. The van der Waals surface area contributed by atoms with Crippen LogP contribution in [0.3, 0.4) is 0 Å². The van der Waals surface area contributed by atoms with E-state index in [2.05, 4.69) is 15.9 Å². The van der Waals surface area contributed by atoms with E-state index < -0.39 is 5.97 Å². The molecule has 1 saturated heterocycles. The van der Waals surface area contributed by atoms with Crippen LogP contribution < -0.4 is 4.74 Å². The molecule has 0 bridgehead atoms. The number of carbonyl (C=O) groups is 3. The fraction of sp³-hybridized carbons (Fsp3) is 0.357. The van der Waals surface area contributed by atoms with Gasteiger partial charge in [0.25, 0.3) is 0 Å². The molecule has 21 heavy (non-hydrogen) atoms. The van der Waals surface area contributed by atoms with Gasteiger partial charge in [0.2, 0.25) is 11.8 Å². The molecule has 1 heterocycles. The van der Waals surface area contributed by atoms with E-state index in [1.54, 1.807) is 12.1 Å². The van der Waals surface area contributed by atoms with Crippen LogP contribution in [0.2, 0.25) is 0 Å². The Morgan fingerprint density at radius 3 is 2.33 bits per heavy atom. The Morgan fingerprint density at radius 2 is 1.71 bits per heavy atom. The first-order chi connectivity index (χ1) is 10.1. The lowest BCUT2D eigenvalue weighted by atomic mass is 10.3. The molecule has 6 nitrogen and oxygen atoms in total. The highest BCUT2D eigenvalue weighted by molar-refractivity contribution is 9.10. The zero-order valence-corrected chi connectivity index (χ0v) is 12.8. The minimum absolute atomic E-state index is 0.0606. The maximum atomic E-state index is 11.5. The van der Waals surface area contributed by atoms with E-state index in [0.29, 0.717) is 5.75 Å². The van der Waals surface area contributed by atoms with Gasteiger partial charge in [0.15, 0.2) is 0 Å². The molecule has 7 heteroatoms. The molecule has 2 rings (SSSR count). The number of ether oxygens (including phenoxy) is 2. The molecular weight excluding hydrogens is 342 g/mol. The number of hydrogen-bond donors (Lipinski definition) is 0. The second-order valence-electron chi connectivity index (χ2n) is 4.40. The second kappa shape index (κ2) is 7.21. The van der Waals surface area contributed by atoms with Gasteiger partial charge in [-0.05, 0) is 24.3 Å². The minimum Gasteiger partial charge on any atom is -0.490 e. The normalized spacial score (nSPS) is 14.4. The summed E-state index contributed by atoms with van der Waals surface area (Å²) in [4.78, 5) is 35.1. The zero-order valence-electron chi connectivity index (χ0n) is 11.2. The lowest BCUT2D eigenvalue weighted by Crippen LogP contribution is -2.35. The van der Waals surface area contributed by atoms with Crippen LogP contribution in [-0.4, -0.2) is 42.4 Å². The van der Waals surface area contributed by atoms with E-state index in [-0.39, 0.29) is 44.4 Å². The van der Waals surface area contributed by atoms with E-state index in [1.807, 2.05) is 12.1 Å². The number of carbonyl (C=O) groups excluding carboxylic acids is 3. The number of halogens is 1. The largest absolute Gasteiger partial charge is 0.490 e. The van der Waals surface area contributed by atoms with E-state index in [0.717, 1.165) is 9.37 Å². The molecule has 0 radical (unpaired) electrons. The van der Waals surface area contributed by atoms with Crippen molar-refractivity contribution in [2.45, 2.75) is 12.8 Å². The molecule has 1 aromatic carbocycles. The molecule has 1 aromatic rings. The summed E-state index contributed by atoms with van der Waals surface area (Å²) in [6.45, 7) is -0.0592. The van der Waals surface area contributed by atoms with Crippen LogP contribution in [0.15, 0.2) is 28.7 Å². The topological polar surface area (TPSA) is 72.9 Å². The molecule has 1 aliphatic rings. The molecular formula is C14H14BrNO5. The Bertz CT molecular complexity index is 527. The number of amides is 2. The summed E-state index contributed by atoms with van der Waals surface area (Å²) in [5.74, 6) is -0.608. The van der Waals surface area contributed by atoms with Crippen molar-refractivity contribution in [3.8, 4) is 5.75 Å². The third-order valence-electron chi connectivity index (χ3n) is 2.87. The van der Waals surface area contributed by atoms with E-state index in [9.17, 15) is 14.4 Å². The molecule has 0 spiro atoms. The molecule has 0 aliphatic carbocycles. The lowest BCUT2D eigenvalue weighted by molar-refractivity contribution is -0.152. The maximum absolute atomic E-state index is 11.5. The van der Waals surface area contributed by atoms with Crippen LogP contribution in [0.25, 0.3) is 0 Å². The van der Waals surface area contributed by atoms with Gasteiger partial charge >= 0.3 is 5.97 Å². The first-order valence-electron chi connectivity index (χ1n) is 6.43. The van der Waals surface area contributed by atoms with Crippen molar-refractivity contribution < 1.29 is 23.9 Å². The highest BCUT2D eigenvalue weighted by Gasteiger charge is 2.30. The van der Waals surface area contributed by atoms with E-state index >= 15 is 0 Å². The number of benzene rings is 1. The summed E-state index contributed by atoms with van der Waals surface area (Å²) in [7, 11) is 0. The first kappa shape index (κ1) is 15.5. The molecule has 0 saturated carbocycles. The summed E-state index contributed by atoms with van der Waals surface area (Å²) >= 11 is 3.31. The number of esters is 1. The van der Waals surface area contributed by atoms with Gasteiger partial charge in [-0.25, -0.2) is 0 Å². The quantitative estimate of drug-likeness (QED) is 0.439. The Hall–Kier alpha value is -1.89. The fourth-order valence-electron chi connectivity index (χ4n) is 1.82. The summed E-state index contributed by atoms with van der Waals surface area (Å²) in [6.07, 6.45) is 0.331. The lowest BCUT2D eigenvalue weighted by Gasteiger charge is -2.13. The molecule has 0 aromatic heterocycles. The van der Waals surface area contributed by atoms with E-state index in [1.165, 1.54) is 0 Å². The van der Waals surface area contributed by atoms with Crippen LogP contribution in [0, 0.1) is 0 Å². The Kier molecular flexibility index (Phi) is 5.32. The van der Waals surface area contributed by atoms with Gasteiger partial charge in [-0.1, -0.05) is 15.9 Å². The second-order valence-corrected chi connectivity index (χ2v) is 5.31. The average Bonchev–Trinajstić information content (AvgIpc) is 2.77. The van der Waals surface area contributed by atoms with Crippen molar-refractivity contribution >= 4 is 33.7 Å². The molecule has 1 aliphatic heterocycles. The maximum Gasteiger partial charge on any atom is 0.326 e. The molecule has 2 amide bonds. The standard InChI is InChI=1S/C14H14BrNO5/c15-10-1-3-11(4-2-10)20-7-8-21-14(19)9-16-12(17)5-6-13(16)18/h1-4H,5-9H2.